The van der Waals surface area contributed by atoms with Crippen LogP contribution in [0.3, 0.4) is 0 Å². The van der Waals surface area contributed by atoms with Gasteiger partial charge in [-0.1, -0.05) is 68.4 Å². The van der Waals surface area contributed by atoms with Crippen molar-refractivity contribution in [3.8, 4) is 0 Å². The molecule has 0 spiro atoms. The Balaban J connectivity index is 1.79. The standard InChI is InChI=1S/C25H31N3O3/c1-17(2)18-10-12-20(13-11-18)24(19-7-4-3-5-8-19)27-25(31)21-9-6-16-28(21)23(30)15-14-22(26)29/h3-5,7-8,10-13,17,21,24H,6,9,14-16H2,1-2H3,(H2,26,29)(H,27,31). The van der Waals surface area contributed by atoms with Crippen LogP contribution in [0, 0.1) is 0 Å². The lowest BCUT2D eigenvalue weighted by Gasteiger charge is -2.27. The Labute approximate surface area is 183 Å². The zero-order valence-corrected chi connectivity index (χ0v) is 18.2. The molecule has 3 N–H and O–H groups in total. The number of primary amides is 1. The smallest absolute Gasteiger partial charge is 0.243 e. The fraction of sp³-hybridized carbons (Fsp3) is 0.400. The van der Waals surface area contributed by atoms with Gasteiger partial charge in [-0.3, -0.25) is 14.4 Å². The lowest BCUT2D eigenvalue weighted by atomic mass is 9.95. The zero-order valence-electron chi connectivity index (χ0n) is 18.2. The predicted molar refractivity (Wildman–Crippen MR) is 120 cm³/mol. The Morgan fingerprint density at radius 3 is 2.19 bits per heavy atom. The highest BCUT2D eigenvalue weighted by Crippen LogP contribution is 2.26. The molecule has 1 aliphatic rings. The Morgan fingerprint density at radius 1 is 0.968 bits per heavy atom. The van der Waals surface area contributed by atoms with Crippen LogP contribution in [0.15, 0.2) is 54.6 Å². The van der Waals surface area contributed by atoms with Gasteiger partial charge in [0.2, 0.25) is 17.7 Å². The average molecular weight is 422 g/mol. The summed E-state index contributed by atoms with van der Waals surface area (Å²) in [7, 11) is 0. The number of nitrogens with two attached hydrogens (primary N) is 1. The van der Waals surface area contributed by atoms with Crippen molar-refractivity contribution in [2.45, 2.75) is 57.5 Å². The number of amides is 3. The van der Waals surface area contributed by atoms with E-state index in [0.29, 0.717) is 18.9 Å². The molecule has 6 nitrogen and oxygen atoms in total. The molecule has 2 aromatic rings. The van der Waals surface area contributed by atoms with E-state index in [0.717, 1.165) is 17.5 Å². The van der Waals surface area contributed by atoms with Crippen molar-refractivity contribution in [2.75, 3.05) is 6.54 Å². The summed E-state index contributed by atoms with van der Waals surface area (Å²) < 4.78 is 0. The Morgan fingerprint density at radius 2 is 1.58 bits per heavy atom. The number of hydrogen-bond donors (Lipinski definition) is 2. The number of likely N-dealkylation sites (tertiary alicyclic amines) is 1. The van der Waals surface area contributed by atoms with Crippen LogP contribution in [0.1, 0.15) is 68.2 Å². The molecule has 0 bridgehead atoms. The van der Waals surface area contributed by atoms with E-state index < -0.39 is 11.9 Å². The zero-order chi connectivity index (χ0) is 22.4. The molecule has 0 saturated carbocycles. The van der Waals surface area contributed by atoms with Crippen LogP contribution in [0.2, 0.25) is 0 Å². The minimum atomic E-state index is -0.526. The fourth-order valence-corrected chi connectivity index (χ4v) is 4.03. The predicted octanol–water partition coefficient (Wildman–Crippen LogP) is 3.27. The molecule has 3 amide bonds. The van der Waals surface area contributed by atoms with Crippen LogP contribution in [0.25, 0.3) is 0 Å². The summed E-state index contributed by atoms with van der Waals surface area (Å²) in [6.45, 7) is 4.82. The number of benzene rings is 2. The quantitative estimate of drug-likeness (QED) is 0.685. The second-order valence-electron chi connectivity index (χ2n) is 8.39. The van der Waals surface area contributed by atoms with E-state index in [9.17, 15) is 14.4 Å². The molecule has 2 atom stereocenters. The van der Waals surface area contributed by atoms with E-state index in [1.807, 2.05) is 30.3 Å². The molecule has 1 aliphatic heterocycles. The second kappa shape index (κ2) is 10.2. The first-order valence-electron chi connectivity index (χ1n) is 10.9. The van der Waals surface area contributed by atoms with E-state index in [1.165, 1.54) is 5.56 Å². The van der Waals surface area contributed by atoms with Gasteiger partial charge in [0.15, 0.2) is 0 Å². The monoisotopic (exact) mass is 421 g/mol. The molecule has 164 valence electrons. The van der Waals surface area contributed by atoms with Gasteiger partial charge >= 0.3 is 0 Å². The highest BCUT2D eigenvalue weighted by atomic mass is 16.2. The molecular formula is C25H31N3O3. The van der Waals surface area contributed by atoms with Gasteiger partial charge in [-0.05, 0) is 35.4 Å². The van der Waals surface area contributed by atoms with Crippen molar-refractivity contribution in [1.82, 2.24) is 10.2 Å². The van der Waals surface area contributed by atoms with Gasteiger partial charge in [-0.25, -0.2) is 0 Å². The first-order valence-corrected chi connectivity index (χ1v) is 10.9. The number of nitrogens with zero attached hydrogens (tertiary/aromatic N) is 1. The molecule has 2 aromatic carbocycles. The SMILES string of the molecule is CC(C)c1ccc(C(NC(=O)C2CCCN2C(=O)CCC(N)=O)c2ccccc2)cc1. The highest BCUT2D eigenvalue weighted by molar-refractivity contribution is 5.90. The summed E-state index contributed by atoms with van der Waals surface area (Å²) in [5, 5.41) is 3.17. The highest BCUT2D eigenvalue weighted by Gasteiger charge is 2.35. The average Bonchev–Trinajstić information content (AvgIpc) is 3.26. The van der Waals surface area contributed by atoms with Gasteiger partial charge in [0.1, 0.15) is 6.04 Å². The maximum Gasteiger partial charge on any atom is 0.243 e. The molecule has 0 aromatic heterocycles. The van der Waals surface area contributed by atoms with Crippen LogP contribution < -0.4 is 11.1 Å². The maximum atomic E-state index is 13.2. The van der Waals surface area contributed by atoms with Crippen LogP contribution in [-0.4, -0.2) is 35.2 Å². The van der Waals surface area contributed by atoms with Gasteiger partial charge < -0.3 is 16.0 Å². The van der Waals surface area contributed by atoms with Crippen molar-refractivity contribution < 1.29 is 14.4 Å². The fourth-order valence-electron chi connectivity index (χ4n) is 4.03. The molecule has 1 fully saturated rings. The molecule has 1 heterocycles. The molecular weight excluding hydrogens is 390 g/mol. The maximum absolute atomic E-state index is 13.2. The van der Waals surface area contributed by atoms with E-state index in [1.54, 1.807) is 4.90 Å². The molecule has 1 saturated heterocycles. The van der Waals surface area contributed by atoms with Crippen LogP contribution >= 0.6 is 0 Å². The summed E-state index contributed by atoms with van der Waals surface area (Å²) in [6.07, 6.45) is 1.41. The third-order valence-electron chi connectivity index (χ3n) is 5.82. The van der Waals surface area contributed by atoms with Crippen LogP contribution in [0.5, 0.6) is 0 Å². The first kappa shape index (κ1) is 22.5. The molecule has 6 heteroatoms. The largest absolute Gasteiger partial charge is 0.370 e. The van der Waals surface area contributed by atoms with Gasteiger partial charge in [-0.2, -0.15) is 0 Å². The number of nitrogens with one attached hydrogen (secondary N) is 1. The third-order valence-corrected chi connectivity index (χ3v) is 5.82. The first-order chi connectivity index (χ1) is 14.9. The van der Waals surface area contributed by atoms with Crippen LogP contribution in [0.4, 0.5) is 0 Å². The summed E-state index contributed by atoms with van der Waals surface area (Å²) in [5.41, 5.74) is 8.39. The van der Waals surface area contributed by atoms with Crippen molar-refractivity contribution in [3.63, 3.8) is 0 Å². The van der Waals surface area contributed by atoms with E-state index in [4.69, 9.17) is 5.73 Å². The van der Waals surface area contributed by atoms with Crippen molar-refractivity contribution in [1.29, 1.82) is 0 Å². The summed E-state index contributed by atoms with van der Waals surface area (Å²) in [6, 6.07) is 17.3. The lowest BCUT2D eigenvalue weighted by Crippen LogP contribution is -2.47. The normalized spacial score (nSPS) is 16.9. The van der Waals surface area contributed by atoms with E-state index >= 15 is 0 Å². The Hall–Kier alpha value is -3.15. The van der Waals surface area contributed by atoms with E-state index in [2.05, 4.69) is 43.4 Å². The second-order valence-corrected chi connectivity index (χ2v) is 8.39. The van der Waals surface area contributed by atoms with Crippen LogP contribution in [-0.2, 0) is 14.4 Å². The van der Waals surface area contributed by atoms with Crippen molar-refractivity contribution in [3.05, 3.63) is 71.3 Å². The topological polar surface area (TPSA) is 92.5 Å². The summed E-state index contributed by atoms with van der Waals surface area (Å²) >= 11 is 0. The van der Waals surface area contributed by atoms with E-state index in [-0.39, 0.29) is 30.7 Å². The van der Waals surface area contributed by atoms with Gasteiger partial charge in [0.05, 0.1) is 6.04 Å². The minimum Gasteiger partial charge on any atom is -0.370 e. The summed E-state index contributed by atoms with van der Waals surface area (Å²) in [5.74, 6) is -0.458. The third kappa shape index (κ3) is 5.72. The molecule has 0 aliphatic carbocycles. The molecule has 2 unspecified atom stereocenters. The number of carbonyl (C=O) groups is 3. The molecule has 31 heavy (non-hydrogen) atoms. The summed E-state index contributed by atoms with van der Waals surface area (Å²) in [4.78, 5) is 38.4. The van der Waals surface area contributed by atoms with Gasteiger partial charge in [-0.15, -0.1) is 0 Å². The van der Waals surface area contributed by atoms with Crippen molar-refractivity contribution in [2.24, 2.45) is 5.73 Å². The Kier molecular flexibility index (Phi) is 7.45. The number of hydrogen-bond acceptors (Lipinski definition) is 3. The number of carbonyl (C=O) groups excluding carboxylic acids is 3. The minimum absolute atomic E-state index is 0.00148. The number of rotatable bonds is 8. The van der Waals surface area contributed by atoms with Crippen molar-refractivity contribution >= 4 is 17.7 Å². The Bertz CT molecular complexity index is 909. The van der Waals surface area contributed by atoms with Gasteiger partial charge in [0, 0.05) is 19.4 Å². The lowest BCUT2D eigenvalue weighted by molar-refractivity contribution is -0.139. The molecule has 3 rings (SSSR count). The molecule has 0 radical (unpaired) electrons. The van der Waals surface area contributed by atoms with Gasteiger partial charge in [0.25, 0.3) is 0 Å².